The van der Waals surface area contributed by atoms with Gasteiger partial charge in [0, 0.05) is 71.7 Å². The average molecular weight is 1280 g/mol. The first-order chi connectivity index (χ1) is 42.5. The number of carbonyl (C=O) groups is 10. The Hall–Kier alpha value is -8.11. The molecule has 492 valence electrons. The van der Waals surface area contributed by atoms with Gasteiger partial charge in [0.2, 0.25) is 29.5 Å². The number of nitrogens with zero attached hydrogens (tertiary/aromatic N) is 3. The fraction of sp³-hybridized carbons (Fsp3) is 0.548. The number of anilines is 2. The summed E-state index contributed by atoms with van der Waals surface area (Å²) in [6, 6.07) is 2.68. The predicted molar refractivity (Wildman–Crippen MR) is 330 cm³/mol. The Morgan fingerprint density at radius 3 is 2.36 bits per heavy atom. The number of nitrogens with two attached hydrogens (primary N) is 1. The molecule has 4 aliphatic rings. The van der Waals surface area contributed by atoms with Crippen LogP contribution in [0, 0.1) is 11.8 Å². The number of aliphatic hydroxyl groups excluding tert-OH is 1. The van der Waals surface area contributed by atoms with Gasteiger partial charge in [0.1, 0.15) is 59.0 Å². The number of urea groups is 1. The van der Waals surface area contributed by atoms with Crippen molar-refractivity contribution in [2.24, 2.45) is 17.6 Å². The van der Waals surface area contributed by atoms with Gasteiger partial charge in [-0.3, -0.25) is 38.9 Å². The molecule has 4 aliphatic heterocycles. The maximum Gasteiger partial charge on any atom is 0.409 e. The van der Waals surface area contributed by atoms with Gasteiger partial charge in [0.15, 0.2) is 5.72 Å². The summed E-state index contributed by atoms with van der Waals surface area (Å²) in [5.74, 6) is -6.12. The van der Waals surface area contributed by atoms with Gasteiger partial charge in [0.05, 0.1) is 36.6 Å². The number of esters is 1. The zero-order valence-corrected chi connectivity index (χ0v) is 53.4. The third kappa shape index (κ3) is 17.6. The fourth-order valence-electron chi connectivity index (χ4n) is 11.0. The number of hydrogen-bond acceptors (Lipinski definition) is 17. The van der Waals surface area contributed by atoms with Crippen LogP contribution in [0.25, 0.3) is 0 Å². The predicted octanol–water partition coefficient (Wildman–Crippen LogP) is 3.48. The van der Waals surface area contributed by atoms with Crippen LogP contribution in [0.15, 0.2) is 66.3 Å². The van der Waals surface area contributed by atoms with Crippen LogP contribution >= 0.6 is 11.6 Å². The van der Waals surface area contributed by atoms with Crippen LogP contribution in [0.2, 0.25) is 5.02 Å². The number of benzene rings is 2. The number of ether oxygens (including phenoxy) is 5. The molecule has 0 aromatic heterocycles. The SMILES string of the molecule is CNC(=O)c1cc(C(=O)N(C)[C@@H](C)C(=O)O[C@H]2CC(=O)N(C)c3cc(cc(OC)c3Cl)C/C(C)=C/C=C/[C@@H](OC)[C@@]3(O)C[C@H](OC(=O)N3)[C@@H](C)[C@@H]3O[C@@]23C)ccc1NC(=O)[C@H](CCCNC(N)=O)NC(=O)[C@@H](NC(=O)CCCCCN1C(=O)C=CC1O)C(C)C. The van der Waals surface area contributed by atoms with Gasteiger partial charge in [-0.2, -0.15) is 0 Å². The third-order valence-corrected chi connectivity index (χ3v) is 17.0. The quantitative estimate of drug-likeness (QED) is 0.0437. The molecule has 0 saturated carbocycles. The molecule has 2 aromatic carbocycles. The number of allylic oxidation sites excluding steroid dienone is 3. The van der Waals surface area contributed by atoms with E-state index in [0.717, 1.165) is 16.0 Å². The highest BCUT2D eigenvalue weighted by Gasteiger charge is 2.64. The molecule has 0 radical (unpaired) electrons. The molecule has 2 aromatic rings. The second kappa shape index (κ2) is 31.1. The van der Waals surface area contributed by atoms with Crippen molar-refractivity contribution in [2.75, 3.05) is 58.7 Å². The lowest BCUT2D eigenvalue weighted by molar-refractivity contribution is -0.158. The van der Waals surface area contributed by atoms with Crippen molar-refractivity contribution in [3.63, 3.8) is 0 Å². The highest BCUT2D eigenvalue weighted by atomic mass is 35.5. The largest absolute Gasteiger partial charge is 0.495 e. The zero-order chi connectivity index (χ0) is 66.5. The number of halogens is 1. The highest BCUT2D eigenvalue weighted by Crippen LogP contribution is 2.49. The summed E-state index contributed by atoms with van der Waals surface area (Å²) in [4.78, 5) is 139. The van der Waals surface area contributed by atoms with Crippen molar-refractivity contribution in [1.29, 1.82) is 0 Å². The van der Waals surface area contributed by atoms with Crippen molar-refractivity contribution < 1.29 is 81.8 Å². The molecule has 1 unspecified atom stereocenters. The van der Waals surface area contributed by atoms with Gasteiger partial charge in [0.25, 0.3) is 11.8 Å². The number of epoxide rings is 1. The number of nitrogens with one attached hydrogen (secondary N) is 6. The van der Waals surface area contributed by atoms with Crippen molar-refractivity contribution in [3.8, 4) is 5.75 Å². The number of fused-ring (bicyclic) bond motifs is 5. The minimum absolute atomic E-state index is 0.0270. The van der Waals surface area contributed by atoms with Gasteiger partial charge >= 0.3 is 18.1 Å². The molecule has 28 heteroatoms. The Balaban J connectivity index is 1.21. The summed E-state index contributed by atoms with van der Waals surface area (Å²) >= 11 is 6.86. The maximum atomic E-state index is 14.6. The number of methoxy groups -OCH3 is 2. The molecule has 90 heavy (non-hydrogen) atoms. The van der Waals surface area contributed by atoms with Crippen molar-refractivity contribution in [3.05, 3.63) is 88.0 Å². The van der Waals surface area contributed by atoms with Gasteiger partial charge in [-0.05, 0) is 101 Å². The lowest BCUT2D eigenvalue weighted by Crippen LogP contribution is -2.63. The lowest BCUT2D eigenvalue weighted by atomic mass is 9.83. The van der Waals surface area contributed by atoms with Gasteiger partial charge in [-0.25, -0.2) is 14.4 Å². The average Bonchev–Trinajstić information content (AvgIpc) is 1.57. The zero-order valence-electron chi connectivity index (χ0n) is 52.6. The first kappa shape index (κ1) is 71.0. The first-order valence-electron chi connectivity index (χ1n) is 29.8. The van der Waals surface area contributed by atoms with Crippen molar-refractivity contribution in [1.82, 2.24) is 36.4 Å². The Labute approximate surface area is 528 Å². The van der Waals surface area contributed by atoms with Gasteiger partial charge in [-0.15, -0.1) is 0 Å². The monoisotopic (exact) mass is 1280 g/mol. The third-order valence-electron chi connectivity index (χ3n) is 16.6. The number of hydrogen-bond donors (Lipinski definition) is 9. The van der Waals surface area contributed by atoms with Crippen LogP contribution < -0.4 is 47.3 Å². The van der Waals surface area contributed by atoms with Crippen LogP contribution in [-0.4, -0.2) is 188 Å². The van der Waals surface area contributed by atoms with Crippen LogP contribution in [0.5, 0.6) is 5.75 Å². The Kier molecular flexibility index (Phi) is 24.5. The second-order valence-corrected chi connectivity index (χ2v) is 23.9. The number of likely N-dealkylation sites (N-methyl/N-ethyl adjacent to an activating group) is 1. The molecule has 0 spiro atoms. The summed E-state index contributed by atoms with van der Waals surface area (Å²) in [6.45, 7) is 10.4. The molecule has 4 heterocycles. The summed E-state index contributed by atoms with van der Waals surface area (Å²) in [7, 11) is 6.98. The Morgan fingerprint density at radius 1 is 0.989 bits per heavy atom. The van der Waals surface area contributed by atoms with E-state index < -0.39 is 132 Å². The maximum absolute atomic E-state index is 14.6. The molecule has 4 bridgehead atoms. The summed E-state index contributed by atoms with van der Waals surface area (Å²) in [5, 5.41) is 37.6. The van der Waals surface area contributed by atoms with E-state index in [0.29, 0.717) is 32.2 Å². The highest BCUT2D eigenvalue weighted by molar-refractivity contribution is 6.35. The van der Waals surface area contributed by atoms with Crippen LogP contribution in [0.3, 0.4) is 0 Å². The number of amides is 10. The molecule has 2 fully saturated rings. The Morgan fingerprint density at radius 2 is 1.71 bits per heavy atom. The standard InChI is InChI=1S/C62H85ClN10O17/c1-33(2)52(69-47(74)20-13-12-14-26-73-48(75)23-24-49(73)76)56(80)68-41(18-16-25-66-59(64)83)55(79)67-40-22-21-38(30-39(40)54(78)65-7)57(81)71(8)36(5)58(82)89-46-31-50(77)72(9)42-28-37(29-43(86-10)51(42)63)27-34(3)17-15-19-45(87-11)62(85)32-44(88-60(84)70-62)35(4)53-61(46,6)90-53/h15,17,19,21-24,28-30,33,35-36,41,44-46,48,52-53,75,85H,12-14,16,18,20,25-27,31-32H2,1-11H3,(H,65,78)(H,67,79)(H,68,80)(H,69,74)(H,70,84)(H3,64,66,83)/b19-15+,34-17+/t35-,36+,41+,44+,45-,46+,48?,52+,53+,61+,62+/m1/s1. The van der Waals surface area contributed by atoms with E-state index >= 15 is 0 Å². The number of primary amides is 1. The number of aliphatic hydroxyl groups is 2. The van der Waals surface area contributed by atoms with Gasteiger partial charge in [-0.1, -0.05) is 62.6 Å². The fourth-order valence-corrected chi connectivity index (χ4v) is 11.3. The molecule has 11 atom stereocenters. The minimum atomic E-state index is -1.94. The van der Waals surface area contributed by atoms with Crippen molar-refractivity contribution in [2.45, 2.75) is 159 Å². The van der Waals surface area contributed by atoms with E-state index in [2.05, 4.69) is 31.9 Å². The molecular weight excluding hydrogens is 1190 g/mol. The molecule has 10 N–H and O–H groups in total. The molecular formula is C62H85ClN10O17. The molecule has 27 nitrogen and oxygen atoms in total. The van der Waals surface area contributed by atoms with E-state index in [4.69, 9.17) is 41.0 Å². The number of carbonyl (C=O) groups excluding carboxylic acids is 10. The van der Waals surface area contributed by atoms with E-state index in [1.807, 2.05) is 13.0 Å². The van der Waals surface area contributed by atoms with Gasteiger partial charge < -0.3 is 80.9 Å². The molecule has 2 saturated heterocycles. The molecule has 6 rings (SSSR count). The Bertz CT molecular complexity index is 3140. The van der Waals surface area contributed by atoms with Crippen LogP contribution in [-0.2, 0) is 54.1 Å². The van der Waals surface area contributed by atoms with E-state index in [-0.39, 0.29) is 71.4 Å². The topological polar surface area (TPSA) is 369 Å². The smallest absolute Gasteiger partial charge is 0.409 e. The van der Waals surface area contributed by atoms with Crippen LogP contribution in [0.4, 0.5) is 21.0 Å². The molecule has 10 amide bonds. The second-order valence-electron chi connectivity index (χ2n) is 23.5. The normalized spacial score (nSPS) is 25.2. The lowest BCUT2D eigenvalue weighted by Gasteiger charge is -2.42. The summed E-state index contributed by atoms with van der Waals surface area (Å²) < 4.78 is 29.6. The van der Waals surface area contributed by atoms with E-state index in [1.54, 1.807) is 52.0 Å². The molecule has 0 aliphatic carbocycles. The van der Waals surface area contributed by atoms with Crippen LogP contribution in [0.1, 0.15) is 119 Å². The van der Waals surface area contributed by atoms with E-state index in [9.17, 15) is 58.2 Å². The number of rotatable bonds is 23. The minimum Gasteiger partial charge on any atom is -0.495 e. The first-order valence-corrected chi connectivity index (χ1v) is 30.2. The number of unbranched alkanes of at least 4 members (excludes halogenated alkanes) is 2. The summed E-state index contributed by atoms with van der Waals surface area (Å²) in [6.07, 6.45) is 3.06. The number of alkyl carbamates (subject to hydrolysis) is 1. The summed E-state index contributed by atoms with van der Waals surface area (Å²) in [5.41, 5.74) is 3.39. The van der Waals surface area contributed by atoms with E-state index in [1.165, 1.54) is 82.4 Å². The van der Waals surface area contributed by atoms with Crippen molar-refractivity contribution >= 4 is 82.4 Å².